The molecule has 10 nitrogen and oxygen atoms in total. The van der Waals surface area contributed by atoms with Crippen molar-refractivity contribution >= 4 is 38.5 Å². The molecule has 0 atom stereocenters. The Bertz CT molecular complexity index is 1560. The number of carbonyl (C=O) groups is 1. The fourth-order valence-corrected chi connectivity index (χ4v) is 5.61. The van der Waals surface area contributed by atoms with E-state index in [0.717, 1.165) is 27.8 Å². The van der Waals surface area contributed by atoms with Gasteiger partial charge in [0.1, 0.15) is 18.2 Å². The Labute approximate surface area is 222 Å². The Morgan fingerprint density at radius 1 is 1.00 bits per heavy atom. The lowest BCUT2D eigenvalue weighted by molar-refractivity contribution is -0.116. The van der Waals surface area contributed by atoms with E-state index in [0.29, 0.717) is 29.7 Å². The van der Waals surface area contributed by atoms with Crippen LogP contribution in [-0.2, 0) is 27.8 Å². The molecule has 4 rings (SSSR count). The van der Waals surface area contributed by atoms with Gasteiger partial charge in [0, 0.05) is 25.1 Å². The van der Waals surface area contributed by atoms with Crippen LogP contribution in [0.1, 0.15) is 17.0 Å². The summed E-state index contributed by atoms with van der Waals surface area (Å²) in [6, 6.07) is 20.5. The number of nitrogen functional groups attached to an aromatic ring is 1. The molecule has 0 saturated heterocycles. The molecule has 38 heavy (non-hydrogen) atoms. The number of primary amides is 1. The largest absolute Gasteiger partial charge is 0.384 e. The van der Waals surface area contributed by atoms with Gasteiger partial charge < -0.3 is 20.9 Å². The van der Waals surface area contributed by atoms with E-state index < -0.39 is 22.5 Å². The van der Waals surface area contributed by atoms with Gasteiger partial charge in [0.05, 0.1) is 21.6 Å². The van der Waals surface area contributed by atoms with Gasteiger partial charge in [-0.05, 0) is 50.0 Å². The van der Waals surface area contributed by atoms with Gasteiger partial charge in [-0.15, -0.1) is 0 Å². The van der Waals surface area contributed by atoms with Crippen LogP contribution >= 0.6 is 0 Å². The number of hydrogen-bond acceptors (Lipinski definition) is 6. The monoisotopic (exact) mass is 533 g/mol. The normalized spacial score (nSPS) is 11.7. The van der Waals surface area contributed by atoms with Crippen molar-refractivity contribution in [3.8, 4) is 0 Å². The van der Waals surface area contributed by atoms with Gasteiger partial charge in [0.2, 0.25) is 5.91 Å². The fourth-order valence-electron chi connectivity index (χ4n) is 4.17. The number of amidine groups is 1. The number of amides is 1. The van der Waals surface area contributed by atoms with Crippen molar-refractivity contribution < 1.29 is 13.2 Å². The van der Waals surface area contributed by atoms with Crippen molar-refractivity contribution in [2.45, 2.75) is 17.9 Å². The summed E-state index contributed by atoms with van der Waals surface area (Å²) in [5.74, 6) is 0.0472. The van der Waals surface area contributed by atoms with Gasteiger partial charge in [0.25, 0.3) is 10.0 Å². The number of carbonyl (C=O) groups excluding carboxylic acids is 1. The highest BCUT2D eigenvalue weighted by Crippen LogP contribution is 2.28. The number of sulfonamides is 1. The highest BCUT2D eigenvalue weighted by atomic mass is 32.2. The van der Waals surface area contributed by atoms with Crippen molar-refractivity contribution in [2.75, 3.05) is 31.5 Å². The van der Waals surface area contributed by atoms with Gasteiger partial charge in [0.15, 0.2) is 0 Å². The van der Waals surface area contributed by atoms with E-state index in [-0.39, 0.29) is 10.7 Å². The van der Waals surface area contributed by atoms with Crippen LogP contribution < -0.4 is 15.8 Å². The lowest BCUT2D eigenvalue weighted by Gasteiger charge is -2.23. The Morgan fingerprint density at radius 3 is 2.29 bits per heavy atom. The summed E-state index contributed by atoms with van der Waals surface area (Å²) < 4.78 is 30.0. The van der Waals surface area contributed by atoms with Crippen LogP contribution in [0.3, 0.4) is 0 Å². The molecule has 5 N–H and O–H groups in total. The number of fused-ring (bicyclic) bond motifs is 1. The Hall–Kier alpha value is -4.22. The number of nitrogens with zero attached hydrogens (tertiary/aromatic N) is 4. The lowest BCUT2D eigenvalue weighted by Crippen LogP contribution is -2.38. The zero-order chi connectivity index (χ0) is 27.4. The first-order valence-electron chi connectivity index (χ1n) is 12.0. The molecule has 0 saturated carbocycles. The van der Waals surface area contributed by atoms with E-state index in [1.165, 1.54) is 12.1 Å². The van der Waals surface area contributed by atoms with Gasteiger partial charge in [-0.1, -0.05) is 42.5 Å². The summed E-state index contributed by atoms with van der Waals surface area (Å²) in [5, 5.41) is 7.61. The van der Waals surface area contributed by atoms with Gasteiger partial charge in [-0.2, -0.15) is 0 Å². The quantitative estimate of drug-likeness (QED) is 0.198. The number of anilines is 1. The molecule has 11 heteroatoms. The van der Waals surface area contributed by atoms with Gasteiger partial charge in [-0.25, -0.2) is 13.4 Å². The van der Waals surface area contributed by atoms with Crippen LogP contribution in [0.4, 0.5) is 5.69 Å². The van der Waals surface area contributed by atoms with Crippen LogP contribution in [0.15, 0.2) is 77.7 Å². The number of rotatable bonds is 11. The standard InChI is InChI=1S/C27H31N7O3S/c1-32(2)14-15-33-24-13-12-21(34(18-25(28)35)38(36,37)22-6-4-3-5-7-22)17-23(24)31-26(33)16-19-8-10-20(11-9-19)27(29)30/h3-13,17H,14-16,18H2,1-2H3,(H2,28,35)(H3,29,30). The number of nitrogens with two attached hydrogens (primary N) is 2. The molecule has 1 heterocycles. The predicted octanol–water partition coefficient (Wildman–Crippen LogP) is 2.15. The molecule has 0 aliphatic carbocycles. The third-order valence-corrected chi connectivity index (χ3v) is 7.92. The van der Waals surface area contributed by atoms with Crippen molar-refractivity contribution in [1.29, 1.82) is 5.41 Å². The molecule has 198 valence electrons. The van der Waals surface area contributed by atoms with E-state index in [2.05, 4.69) is 9.47 Å². The maximum atomic E-state index is 13.4. The second kappa shape index (κ2) is 11.0. The molecule has 0 spiro atoms. The second-order valence-electron chi connectivity index (χ2n) is 9.23. The smallest absolute Gasteiger partial charge is 0.264 e. The first-order chi connectivity index (χ1) is 18.1. The minimum atomic E-state index is -4.04. The Morgan fingerprint density at radius 2 is 1.68 bits per heavy atom. The molecule has 0 fully saturated rings. The molecule has 0 bridgehead atoms. The Kier molecular flexibility index (Phi) is 7.79. The molecular formula is C27H31N7O3S. The Balaban J connectivity index is 1.77. The summed E-state index contributed by atoms with van der Waals surface area (Å²) in [6.45, 7) is 0.954. The third kappa shape index (κ3) is 5.84. The zero-order valence-corrected chi connectivity index (χ0v) is 22.1. The molecule has 1 aromatic heterocycles. The third-order valence-electron chi connectivity index (χ3n) is 6.13. The van der Waals surface area contributed by atoms with E-state index in [1.807, 2.05) is 32.3 Å². The molecule has 0 aliphatic heterocycles. The van der Waals surface area contributed by atoms with E-state index in [4.69, 9.17) is 21.9 Å². The molecule has 0 radical (unpaired) electrons. The number of hydrogen-bond donors (Lipinski definition) is 3. The molecule has 0 unspecified atom stereocenters. The molecule has 3 aromatic carbocycles. The number of nitrogens with one attached hydrogen (secondary N) is 1. The number of imidazole rings is 1. The maximum Gasteiger partial charge on any atom is 0.264 e. The van der Waals surface area contributed by atoms with Crippen molar-refractivity contribution in [3.63, 3.8) is 0 Å². The second-order valence-corrected chi connectivity index (χ2v) is 11.1. The van der Waals surface area contributed by atoms with E-state index in [1.54, 1.807) is 42.5 Å². The number of likely N-dealkylation sites (N-methyl/N-ethyl adjacent to an activating group) is 1. The van der Waals surface area contributed by atoms with Crippen LogP contribution in [0, 0.1) is 5.41 Å². The maximum absolute atomic E-state index is 13.4. The topological polar surface area (TPSA) is 151 Å². The highest BCUT2D eigenvalue weighted by Gasteiger charge is 2.27. The summed E-state index contributed by atoms with van der Waals surface area (Å²) in [5.41, 5.74) is 14.4. The van der Waals surface area contributed by atoms with E-state index >= 15 is 0 Å². The number of benzene rings is 3. The SMILES string of the molecule is CN(C)CCn1c(Cc2ccc(C(=N)N)cc2)nc2cc(N(CC(N)=O)S(=O)(=O)c3ccccc3)ccc21. The molecular weight excluding hydrogens is 502 g/mol. The van der Waals surface area contributed by atoms with Crippen LogP contribution in [-0.4, -0.2) is 61.8 Å². The van der Waals surface area contributed by atoms with Crippen LogP contribution in [0.2, 0.25) is 0 Å². The minimum absolute atomic E-state index is 0.00766. The highest BCUT2D eigenvalue weighted by molar-refractivity contribution is 7.92. The average molecular weight is 534 g/mol. The average Bonchev–Trinajstić information content (AvgIpc) is 3.22. The van der Waals surface area contributed by atoms with Crippen LogP contribution in [0.25, 0.3) is 11.0 Å². The lowest BCUT2D eigenvalue weighted by atomic mass is 10.1. The van der Waals surface area contributed by atoms with E-state index in [9.17, 15) is 13.2 Å². The van der Waals surface area contributed by atoms with Crippen molar-refractivity contribution in [3.05, 3.63) is 89.7 Å². The van der Waals surface area contributed by atoms with Crippen LogP contribution in [0.5, 0.6) is 0 Å². The predicted molar refractivity (Wildman–Crippen MR) is 149 cm³/mol. The van der Waals surface area contributed by atoms with Crippen molar-refractivity contribution in [1.82, 2.24) is 14.5 Å². The summed E-state index contributed by atoms with van der Waals surface area (Å²) >= 11 is 0. The summed E-state index contributed by atoms with van der Waals surface area (Å²) in [7, 11) is -0.0514. The fraction of sp³-hybridized carbons (Fsp3) is 0.222. The van der Waals surface area contributed by atoms with Gasteiger partial charge in [-0.3, -0.25) is 14.5 Å². The first-order valence-corrected chi connectivity index (χ1v) is 13.4. The number of aromatic nitrogens is 2. The molecule has 0 aliphatic rings. The molecule has 1 amide bonds. The van der Waals surface area contributed by atoms with Gasteiger partial charge >= 0.3 is 0 Å². The minimum Gasteiger partial charge on any atom is -0.384 e. The first kappa shape index (κ1) is 26.8. The molecule has 4 aromatic rings. The van der Waals surface area contributed by atoms with Crippen molar-refractivity contribution in [2.24, 2.45) is 11.5 Å². The summed E-state index contributed by atoms with van der Waals surface area (Å²) in [4.78, 5) is 18.9. The zero-order valence-electron chi connectivity index (χ0n) is 21.3. The summed E-state index contributed by atoms with van der Waals surface area (Å²) in [6.07, 6.45) is 0.531.